The van der Waals surface area contributed by atoms with E-state index in [9.17, 15) is 0 Å². The molecule has 5 heterocycles. The number of nitrogens with zero attached hydrogens (tertiary/aromatic N) is 3. The highest BCUT2D eigenvalue weighted by Crippen LogP contribution is 2.46. The van der Waals surface area contributed by atoms with Crippen LogP contribution in [0.25, 0.3) is 0 Å². The zero-order valence-corrected chi connectivity index (χ0v) is 14.7. The second-order valence-corrected chi connectivity index (χ2v) is 8.39. The van der Waals surface area contributed by atoms with E-state index in [4.69, 9.17) is 9.73 Å². The number of hydrogen-bond donors (Lipinski definition) is 0. The molecule has 0 aromatic heterocycles. The van der Waals surface area contributed by atoms with E-state index in [1.807, 2.05) is 0 Å². The van der Waals surface area contributed by atoms with E-state index in [0.717, 1.165) is 38.4 Å². The summed E-state index contributed by atoms with van der Waals surface area (Å²) in [4.78, 5) is 10.2. The average molecular weight is 335 g/mol. The summed E-state index contributed by atoms with van der Waals surface area (Å²) in [6.07, 6.45) is 16.6. The molecule has 25 heavy (non-hydrogen) atoms. The lowest BCUT2D eigenvalue weighted by Crippen LogP contribution is -2.51. The van der Waals surface area contributed by atoms with Crippen LogP contribution in [0.5, 0.6) is 0 Å². The van der Waals surface area contributed by atoms with Crippen LogP contribution in [0.4, 0.5) is 0 Å². The molecule has 2 atom stereocenters. The van der Waals surface area contributed by atoms with Gasteiger partial charge >= 0.3 is 0 Å². The molecule has 0 aromatic rings. The summed E-state index contributed by atoms with van der Waals surface area (Å²) in [5, 5.41) is 0. The molecule has 7 aliphatic rings. The van der Waals surface area contributed by atoms with Crippen molar-refractivity contribution in [1.82, 2.24) is 9.80 Å². The van der Waals surface area contributed by atoms with Crippen molar-refractivity contribution in [3.05, 3.63) is 47.4 Å². The van der Waals surface area contributed by atoms with Crippen molar-refractivity contribution in [3.8, 4) is 0 Å². The molecule has 7 rings (SSSR count). The van der Waals surface area contributed by atoms with Crippen molar-refractivity contribution in [2.75, 3.05) is 32.7 Å². The van der Waals surface area contributed by atoms with Gasteiger partial charge in [-0.15, -0.1) is 0 Å². The first-order valence-electron chi connectivity index (χ1n) is 9.80. The van der Waals surface area contributed by atoms with Crippen LogP contribution < -0.4 is 0 Å². The van der Waals surface area contributed by atoms with E-state index in [1.165, 1.54) is 37.2 Å². The monoisotopic (exact) mass is 335 g/mol. The minimum Gasteiger partial charge on any atom is -0.473 e. The van der Waals surface area contributed by atoms with Gasteiger partial charge in [0, 0.05) is 26.1 Å². The number of aliphatic imine (C=N–C) groups is 1. The molecule has 2 aliphatic carbocycles. The lowest BCUT2D eigenvalue weighted by molar-refractivity contribution is -0.0425. The summed E-state index contributed by atoms with van der Waals surface area (Å²) in [6.45, 7) is 5.57. The fourth-order valence-corrected chi connectivity index (χ4v) is 5.67. The first-order valence-corrected chi connectivity index (χ1v) is 9.80. The molecular formula is C21H25N3O. The van der Waals surface area contributed by atoms with E-state index in [1.54, 1.807) is 5.57 Å². The first-order chi connectivity index (χ1) is 12.3. The number of hydrogen-bond acceptors (Lipinski definition) is 4. The number of allylic oxidation sites excluding steroid dienone is 3. The Morgan fingerprint density at radius 3 is 2.96 bits per heavy atom. The maximum atomic E-state index is 6.48. The van der Waals surface area contributed by atoms with Crippen LogP contribution >= 0.6 is 0 Å². The van der Waals surface area contributed by atoms with Crippen LogP contribution in [-0.2, 0) is 4.74 Å². The van der Waals surface area contributed by atoms with E-state index in [0.29, 0.717) is 12.0 Å². The molecule has 0 N–H and O–H groups in total. The standard InChI is InChI=1S/C21H25N3O/c1-2-18-17-4-3-15-12-21(17,8-1)24(13-15)11-7-20(22-18)25-19-14-23-9-5-16(19)6-10-23/h1,3-4,7-8,16,19H,2,5-6,9-14H2. The maximum Gasteiger partial charge on any atom is 0.210 e. The predicted octanol–water partition coefficient (Wildman–Crippen LogP) is 2.66. The SMILES string of the molecule is C1=CC23CC4=CC=C2C(=NC(OC2CN5CCC2CC5)=CCN3C4)C1. The van der Waals surface area contributed by atoms with Crippen molar-refractivity contribution in [3.63, 3.8) is 0 Å². The van der Waals surface area contributed by atoms with Crippen molar-refractivity contribution in [2.24, 2.45) is 10.9 Å². The van der Waals surface area contributed by atoms with Crippen molar-refractivity contribution in [2.45, 2.75) is 37.3 Å². The first kappa shape index (κ1) is 14.5. The number of fused-ring (bicyclic) bond motifs is 4. The van der Waals surface area contributed by atoms with Gasteiger partial charge in [-0.05, 0) is 49.9 Å². The molecule has 2 unspecified atom stereocenters. The van der Waals surface area contributed by atoms with Gasteiger partial charge in [-0.25, -0.2) is 4.99 Å². The van der Waals surface area contributed by atoms with E-state index >= 15 is 0 Å². The van der Waals surface area contributed by atoms with Gasteiger partial charge in [0.25, 0.3) is 0 Å². The molecule has 0 amide bonds. The number of piperidine rings is 3. The highest BCUT2D eigenvalue weighted by Gasteiger charge is 2.48. The smallest absolute Gasteiger partial charge is 0.210 e. The topological polar surface area (TPSA) is 28.1 Å². The summed E-state index contributed by atoms with van der Waals surface area (Å²) in [5.41, 5.74) is 4.22. The summed E-state index contributed by atoms with van der Waals surface area (Å²) in [7, 11) is 0. The van der Waals surface area contributed by atoms with Crippen molar-refractivity contribution in [1.29, 1.82) is 0 Å². The average Bonchev–Trinajstić information content (AvgIpc) is 2.88. The molecule has 4 nitrogen and oxygen atoms in total. The minimum atomic E-state index is 0.0683. The lowest BCUT2D eigenvalue weighted by Gasteiger charge is -2.45. The zero-order chi connectivity index (χ0) is 16.4. The summed E-state index contributed by atoms with van der Waals surface area (Å²) >= 11 is 0. The van der Waals surface area contributed by atoms with Crippen molar-refractivity contribution < 1.29 is 4.74 Å². The van der Waals surface area contributed by atoms with Gasteiger partial charge in [0.1, 0.15) is 6.10 Å². The Hall–Kier alpha value is -1.65. The van der Waals surface area contributed by atoms with Crippen LogP contribution in [-0.4, -0.2) is 59.9 Å². The Kier molecular flexibility index (Phi) is 3.01. The second kappa shape index (κ2) is 5.18. The third-order valence-electron chi connectivity index (χ3n) is 7.02. The molecule has 4 saturated heterocycles. The molecule has 5 aliphatic heterocycles. The second-order valence-electron chi connectivity index (χ2n) is 8.39. The van der Waals surface area contributed by atoms with E-state index in [-0.39, 0.29) is 5.54 Å². The molecule has 0 aromatic carbocycles. The fourth-order valence-electron chi connectivity index (χ4n) is 5.67. The maximum absolute atomic E-state index is 6.48. The summed E-state index contributed by atoms with van der Waals surface area (Å²) in [5.74, 6) is 1.58. The van der Waals surface area contributed by atoms with Gasteiger partial charge in [0.15, 0.2) is 0 Å². The molecule has 5 bridgehead atoms. The molecule has 4 heteroatoms. The van der Waals surface area contributed by atoms with Crippen molar-refractivity contribution >= 4 is 5.71 Å². The highest BCUT2D eigenvalue weighted by atomic mass is 16.5. The van der Waals surface area contributed by atoms with Crippen LogP contribution in [0.3, 0.4) is 0 Å². The van der Waals surface area contributed by atoms with Crippen LogP contribution in [0.2, 0.25) is 0 Å². The Morgan fingerprint density at radius 1 is 1.20 bits per heavy atom. The quantitative estimate of drug-likeness (QED) is 0.726. The van der Waals surface area contributed by atoms with Crippen LogP contribution in [0.15, 0.2) is 52.4 Å². The molecular weight excluding hydrogens is 310 g/mol. The predicted molar refractivity (Wildman–Crippen MR) is 98.4 cm³/mol. The molecule has 4 fully saturated rings. The normalized spacial score (nSPS) is 41.4. The Labute approximate surface area is 149 Å². The molecule has 0 saturated carbocycles. The number of ether oxygens (including phenoxy) is 1. The van der Waals surface area contributed by atoms with Gasteiger partial charge in [0.2, 0.25) is 5.88 Å². The van der Waals surface area contributed by atoms with Gasteiger partial charge in [-0.2, -0.15) is 0 Å². The Morgan fingerprint density at radius 2 is 2.12 bits per heavy atom. The van der Waals surface area contributed by atoms with Gasteiger partial charge < -0.3 is 4.74 Å². The molecule has 1 spiro atoms. The zero-order valence-electron chi connectivity index (χ0n) is 14.7. The lowest BCUT2D eigenvalue weighted by atomic mass is 9.75. The van der Waals surface area contributed by atoms with Gasteiger partial charge in [0.05, 0.1) is 11.3 Å². The fraction of sp³-hybridized carbons (Fsp3) is 0.571. The van der Waals surface area contributed by atoms with E-state index in [2.05, 4.69) is 40.2 Å². The van der Waals surface area contributed by atoms with Gasteiger partial charge in [-0.3, -0.25) is 9.80 Å². The Balaban J connectivity index is 1.34. The Bertz CT molecular complexity index is 766. The molecule has 130 valence electrons. The van der Waals surface area contributed by atoms with Crippen LogP contribution in [0.1, 0.15) is 25.7 Å². The minimum absolute atomic E-state index is 0.0683. The summed E-state index contributed by atoms with van der Waals surface area (Å²) < 4.78 is 6.48. The van der Waals surface area contributed by atoms with Gasteiger partial charge in [-0.1, -0.05) is 29.9 Å². The third-order valence-corrected chi connectivity index (χ3v) is 7.02. The molecule has 0 radical (unpaired) electrons. The highest BCUT2D eigenvalue weighted by molar-refractivity contribution is 6.06. The number of rotatable bonds is 2. The largest absolute Gasteiger partial charge is 0.473 e. The third kappa shape index (κ3) is 2.10. The van der Waals surface area contributed by atoms with E-state index < -0.39 is 0 Å². The van der Waals surface area contributed by atoms with Crippen LogP contribution in [0, 0.1) is 5.92 Å². The summed E-state index contributed by atoms with van der Waals surface area (Å²) in [6, 6.07) is 0.